The monoisotopic (exact) mass is 158 g/mol. The van der Waals surface area contributed by atoms with E-state index in [1.54, 1.807) is 0 Å². The van der Waals surface area contributed by atoms with E-state index >= 15 is 0 Å². The summed E-state index contributed by atoms with van der Waals surface area (Å²) >= 11 is 0. The molecule has 0 aromatic carbocycles. The zero-order valence-electron chi connectivity index (χ0n) is 8.14. The van der Waals surface area contributed by atoms with Gasteiger partial charge in [0.1, 0.15) is 0 Å². The summed E-state index contributed by atoms with van der Waals surface area (Å²) in [5, 5.41) is 8.97. The molecule has 1 unspecified atom stereocenters. The highest BCUT2D eigenvalue weighted by atomic mass is 16.3. The second kappa shape index (κ2) is 6.66. The highest BCUT2D eigenvalue weighted by Gasteiger charge is 2.06. The first-order valence-electron chi connectivity index (χ1n) is 4.81. The number of aliphatic hydroxyl groups is 1. The third kappa shape index (κ3) is 6.36. The van der Waals surface area contributed by atoms with Gasteiger partial charge >= 0.3 is 0 Å². The SMILES string of the molecule is CCCC(CO)CCC(C)C. The molecular formula is C10H22O. The van der Waals surface area contributed by atoms with Crippen LogP contribution in [0.1, 0.15) is 46.5 Å². The van der Waals surface area contributed by atoms with E-state index in [0.717, 1.165) is 5.92 Å². The molecule has 1 atom stereocenters. The zero-order chi connectivity index (χ0) is 8.69. The quantitative estimate of drug-likeness (QED) is 0.630. The summed E-state index contributed by atoms with van der Waals surface area (Å²) in [6.45, 7) is 7.03. The summed E-state index contributed by atoms with van der Waals surface area (Å²) in [5.74, 6) is 1.34. The highest BCUT2D eigenvalue weighted by Crippen LogP contribution is 2.16. The minimum atomic E-state index is 0.376. The number of hydrogen-bond acceptors (Lipinski definition) is 1. The Morgan fingerprint density at radius 1 is 1.09 bits per heavy atom. The number of aliphatic hydroxyl groups excluding tert-OH is 1. The lowest BCUT2D eigenvalue weighted by atomic mass is 9.95. The molecule has 0 spiro atoms. The van der Waals surface area contributed by atoms with E-state index in [2.05, 4.69) is 20.8 Å². The molecule has 0 radical (unpaired) electrons. The van der Waals surface area contributed by atoms with Crippen LogP contribution in [0.2, 0.25) is 0 Å². The van der Waals surface area contributed by atoms with Crippen LogP contribution in [0.25, 0.3) is 0 Å². The van der Waals surface area contributed by atoms with Crippen LogP contribution in [0.5, 0.6) is 0 Å². The minimum absolute atomic E-state index is 0.376. The normalized spacial score (nSPS) is 13.9. The number of hydrogen-bond donors (Lipinski definition) is 1. The predicted molar refractivity (Wildman–Crippen MR) is 49.6 cm³/mol. The maximum Gasteiger partial charge on any atom is 0.0459 e. The van der Waals surface area contributed by atoms with Crippen molar-refractivity contribution in [1.29, 1.82) is 0 Å². The van der Waals surface area contributed by atoms with Crippen LogP contribution >= 0.6 is 0 Å². The van der Waals surface area contributed by atoms with Crippen molar-refractivity contribution in [2.75, 3.05) is 6.61 Å². The third-order valence-corrected chi connectivity index (χ3v) is 2.11. The Kier molecular flexibility index (Phi) is 6.63. The number of rotatable bonds is 6. The lowest BCUT2D eigenvalue weighted by molar-refractivity contribution is 0.203. The van der Waals surface area contributed by atoms with Gasteiger partial charge in [0.05, 0.1) is 0 Å². The molecule has 0 fully saturated rings. The van der Waals surface area contributed by atoms with Crippen LogP contribution < -0.4 is 0 Å². The van der Waals surface area contributed by atoms with Crippen LogP contribution in [0, 0.1) is 11.8 Å². The van der Waals surface area contributed by atoms with Crippen LogP contribution in [0.3, 0.4) is 0 Å². The van der Waals surface area contributed by atoms with Crippen molar-refractivity contribution in [1.82, 2.24) is 0 Å². The van der Waals surface area contributed by atoms with Gasteiger partial charge in [-0.25, -0.2) is 0 Å². The minimum Gasteiger partial charge on any atom is -0.396 e. The molecule has 1 heteroatoms. The largest absolute Gasteiger partial charge is 0.396 e. The molecule has 0 bridgehead atoms. The average molecular weight is 158 g/mol. The first-order valence-corrected chi connectivity index (χ1v) is 4.81. The van der Waals surface area contributed by atoms with Crippen molar-refractivity contribution in [2.24, 2.45) is 11.8 Å². The Balaban J connectivity index is 3.35. The van der Waals surface area contributed by atoms with Crippen LogP contribution in [-0.4, -0.2) is 11.7 Å². The molecule has 68 valence electrons. The molecule has 0 saturated heterocycles. The molecule has 0 saturated carbocycles. The second-order valence-electron chi connectivity index (χ2n) is 3.81. The molecule has 0 aromatic heterocycles. The summed E-state index contributed by atoms with van der Waals surface area (Å²) in [5.41, 5.74) is 0. The molecule has 0 rings (SSSR count). The predicted octanol–water partition coefficient (Wildman–Crippen LogP) is 2.83. The topological polar surface area (TPSA) is 20.2 Å². The molecule has 11 heavy (non-hydrogen) atoms. The highest BCUT2D eigenvalue weighted by molar-refractivity contribution is 4.58. The summed E-state index contributed by atoms with van der Waals surface area (Å²) in [7, 11) is 0. The summed E-state index contributed by atoms with van der Waals surface area (Å²) in [6, 6.07) is 0. The fraction of sp³-hybridized carbons (Fsp3) is 1.00. The molecule has 0 aliphatic heterocycles. The Morgan fingerprint density at radius 3 is 2.09 bits per heavy atom. The Hall–Kier alpha value is -0.0400. The summed E-state index contributed by atoms with van der Waals surface area (Å²) < 4.78 is 0. The van der Waals surface area contributed by atoms with Gasteiger partial charge in [0.25, 0.3) is 0 Å². The maximum absolute atomic E-state index is 8.97. The van der Waals surface area contributed by atoms with Gasteiger partial charge in [0.15, 0.2) is 0 Å². The fourth-order valence-corrected chi connectivity index (χ4v) is 1.30. The van der Waals surface area contributed by atoms with Gasteiger partial charge in [-0.3, -0.25) is 0 Å². The molecule has 0 heterocycles. The summed E-state index contributed by atoms with van der Waals surface area (Å²) in [6.07, 6.45) is 4.83. The second-order valence-corrected chi connectivity index (χ2v) is 3.81. The molecule has 1 N–H and O–H groups in total. The maximum atomic E-state index is 8.97. The molecule has 1 nitrogen and oxygen atoms in total. The van der Waals surface area contributed by atoms with E-state index in [4.69, 9.17) is 5.11 Å². The lowest BCUT2D eigenvalue weighted by Crippen LogP contribution is -2.06. The van der Waals surface area contributed by atoms with Crippen molar-refractivity contribution in [3.8, 4) is 0 Å². The smallest absolute Gasteiger partial charge is 0.0459 e. The Bertz CT molecular complexity index is 78.9. The fourth-order valence-electron chi connectivity index (χ4n) is 1.30. The van der Waals surface area contributed by atoms with E-state index in [9.17, 15) is 0 Å². The van der Waals surface area contributed by atoms with E-state index in [0.29, 0.717) is 12.5 Å². The van der Waals surface area contributed by atoms with Gasteiger partial charge < -0.3 is 5.11 Å². The summed E-state index contributed by atoms with van der Waals surface area (Å²) in [4.78, 5) is 0. The van der Waals surface area contributed by atoms with Gasteiger partial charge in [-0.05, 0) is 24.7 Å². The molecular weight excluding hydrogens is 136 g/mol. The van der Waals surface area contributed by atoms with Crippen LogP contribution in [0.4, 0.5) is 0 Å². The van der Waals surface area contributed by atoms with Crippen molar-refractivity contribution >= 4 is 0 Å². The molecule has 0 amide bonds. The third-order valence-electron chi connectivity index (χ3n) is 2.11. The van der Waals surface area contributed by atoms with E-state index in [1.165, 1.54) is 25.7 Å². The first-order chi connectivity index (χ1) is 5.20. The molecule has 0 aliphatic carbocycles. The van der Waals surface area contributed by atoms with Crippen LogP contribution in [0.15, 0.2) is 0 Å². The zero-order valence-corrected chi connectivity index (χ0v) is 8.14. The van der Waals surface area contributed by atoms with E-state index < -0.39 is 0 Å². The molecule has 0 aromatic rings. The van der Waals surface area contributed by atoms with Crippen molar-refractivity contribution in [2.45, 2.75) is 46.5 Å². The van der Waals surface area contributed by atoms with Crippen molar-refractivity contribution in [3.63, 3.8) is 0 Å². The van der Waals surface area contributed by atoms with Crippen molar-refractivity contribution < 1.29 is 5.11 Å². The van der Waals surface area contributed by atoms with Gasteiger partial charge in [0.2, 0.25) is 0 Å². The average Bonchev–Trinajstić information content (AvgIpc) is 1.97. The first kappa shape index (κ1) is 11.0. The van der Waals surface area contributed by atoms with Crippen molar-refractivity contribution in [3.05, 3.63) is 0 Å². The Labute approximate surface area is 70.8 Å². The lowest BCUT2D eigenvalue weighted by Gasteiger charge is -2.13. The van der Waals surface area contributed by atoms with Gasteiger partial charge in [0, 0.05) is 6.61 Å². The van der Waals surface area contributed by atoms with Gasteiger partial charge in [-0.15, -0.1) is 0 Å². The van der Waals surface area contributed by atoms with E-state index in [1.807, 2.05) is 0 Å². The van der Waals surface area contributed by atoms with Gasteiger partial charge in [-0.1, -0.05) is 33.6 Å². The van der Waals surface area contributed by atoms with E-state index in [-0.39, 0.29) is 0 Å². The molecule has 0 aliphatic rings. The Morgan fingerprint density at radius 2 is 1.73 bits per heavy atom. The van der Waals surface area contributed by atoms with Crippen LogP contribution in [-0.2, 0) is 0 Å². The van der Waals surface area contributed by atoms with Gasteiger partial charge in [-0.2, -0.15) is 0 Å². The standard InChI is InChI=1S/C10H22O/c1-4-5-10(8-11)7-6-9(2)3/h9-11H,4-8H2,1-3H3.